The molecule has 1 N–H and O–H groups in total. The average Bonchev–Trinajstić information content (AvgIpc) is 2.88. The molecular weight excluding hydrogens is 268 g/mol. The van der Waals surface area contributed by atoms with E-state index in [0.717, 1.165) is 30.1 Å². The molecule has 1 aromatic heterocycles. The van der Waals surface area contributed by atoms with Crippen LogP contribution in [0.4, 0.5) is 0 Å². The van der Waals surface area contributed by atoms with Crippen molar-refractivity contribution >= 4 is 22.9 Å². The highest BCUT2D eigenvalue weighted by Crippen LogP contribution is 2.24. The van der Waals surface area contributed by atoms with Gasteiger partial charge >= 0.3 is 0 Å². The number of thiazole rings is 1. The lowest BCUT2D eigenvalue weighted by molar-refractivity contribution is 0.415. The van der Waals surface area contributed by atoms with Gasteiger partial charge in [0.05, 0.1) is 17.1 Å². The number of hydrogen-bond donors (Lipinski definition) is 1. The molecule has 96 valence electrons. The molecule has 0 saturated carbocycles. The van der Waals surface area contributed by atoms with Crippen LogP contribution in [0.3, 0.4) is 0 Å². The van der Waals surface area contributed by atoms with E-state index in [1.165, 1.54) is 0 Å². The van der Waals surface area contributed by atoms with E-state index < -0.39 is 0 Å². The maximum atomic E-state index is 6.06. The summed E-state index contributed by atoms with van der Waals surface area (Å²) in [5.41, 5.74) is 1.15. The molecule has 3 nitrogen and oxygen atoms in total. The van der Waals surface area contributed by atoms with Gasteiger partial charge in [-0.2, -0.15) is 0 Å². The summed E-state index contributed by atoms with van der Waals surface area (Å²) in [7, 11) is 1.62. The van der Waals surface area contributed by atoms with Crippen LogP contribution in [0.25, 0.3) is 0 Å². The molecule has 0 amide bonds. The summed E-state index contributed by atoms with van der Waals surface area (Å²) in [6.07, 6.45) is 2.80. The molecule has 1 aromatic carbocycles. The number of benzene rings is 1. The molecule has 0 radical (unpaired) electrons. The Kier molecular flexibility index (Phi) is 4.99. The lowest BCUT2D eigenvalue weighted by Gasteiger charge is -2.07. The molecule has 0 saturated heterocycles. The van der Waals surface area contributed by atoms with Crippen molar-refractivity contribution in [3.05, 3.63) is 45.4 Å². The topological polar surface area (TPSA) is 34.1 Å². The van der Waals surface area contributed by atoms with Gasteiger partial charge in [0.15, 0.2) is 0 Å². The van der Waals surface area contributed by atoms with E-state index in [4.69, 9.17) is 16.3 Å². The second kappa shape index (κ2) is 6.73. The summed E-state index contributed by atoms with van der Waals surface area (Å²) in [6.45, 7) is 1.71. The van der Waals surface area contributed by atoms with E-state index >= 15 is 0 Å². The van der Waals surface area contributed by atoms with E-state index in [-0.39, 0.29) is 0 Å². The third-order valence-corrected chi connectivity index (χ3v) is 3.68. The predicted octanol–water partition coefficient (Wildman–Crippen LogP) is 3.14. The van der Waals surface area contributed by atoms with E-state index in [0.29, 0.717) is 10.8 Å². The minimum absolute atomic E-state index is 0.650. The van der Waals surface area contributed by atoms with Gasteiger partial charge < -0.3 is 10.1 Å². The van der Waals surface area contributed by atoms with Gasteiger partial charge in [-0.3, -0.25) is 0 Å². The first-order chi connectivity index (χ1) is 8.79. The van der Waals surface area contributed by atoms with Crippen molar-refractivity contribution in [2.24, 2.45) is 0 Å². The van der Waals surface area contributed by atoms with Gasteiger partial charge in [-0.05, 0) is 17.7 Å². The Balaban J connectivity index is 1.78. The first-order valence-electron chi connectivity index (χ1n) is 5.71. The summed E-state index contributed by atoms with van der Waals surface area (Å²) in [4.78, 5) is 4.24. The lowest BCUT2D eigenvalue weighted by atomic mass is 10.2. The van der Waals surface area contributed by atoms with Gasteiger partial charge in [0.1, 0.15) is 5.75 Å². The number of rotatable bonds is 6. The van der Waals surface area contributed by atoms with Crippen molar-refractivity contribution < 1.29 is 4.74 Å². The SMILES string of the molecule is COc1ccc(CNCCc2nccs2)cc1Cl. The summed E-state index contributed by atoms with van der Waals surface area (Å²) in [5.74, 6) is 0.711. The van der Waals surface area contributed by atoms with Gasteiger partial charge in [0.2, 0.25) is 0 Å². The lowest BCUT2D eigenvalue weighted by Crippen LogP contribution is -2.16. The van der Waals surface area contributed by atoms with Crippen LogP contribution >= 0.6 is 22.9 Å². The number of aromatic nitrogens is 1. The minimum Gasteiger partial charge on any atom is -0.495 e. The summed E-state index contributed by atoms with van der Waals surface area (Å²) in [5, 5.41) is 7.18. The van der Waals surface area contributed by atoms with Crippen LogP contribution in [-0.2, 0) is 13.0 Å². The maximum absolute atomic E-state index is 6.06. The van der Waals surface area contributed by atoms with Crippen LogP contribution in [0.2, 0.25) is 5.02 Å². The van der Waals surface area contributed by atoms with Crippen molar-refractivity contribution in [2.75, 3.05) is 13.7 Å². The number of hydrogen-bond acceptors (Lipinski definition) is 4. The third kappa shape index (κ3) is 3.70. The molecule has 0 aliphatic carbocycles. The molecule has 0 bridgehead atoms. The summed E-state index contributed by atoms with van der Waals surface area (Å²) >= 11 is 7.75. The van der Waals surface area contributed by atoms with Gasteiger partial charge in [-0.1, -0.05) is 17.7 Å². The van der Waals surface area contributed by atoms with Crippen molar-refractivity contribution in [2.45, 2.75) is 13.0 Å². The summed E-state index contributed by atoms with van der Waals surface area (Å²) in [6, 6.07) is 5.83. The van der Waals surface area contributed by atoms with Crippen LogP contribution in [-0.4, -0.2) is 18.6 Å². The van der Waals surface area contributed by atoms with Gasteiger partial charge in [0.25, 0.3) is 0 Å². The van der Waals surface area contributed by atoms with E-state index in [1.54, 1.807) is 18.4 Å². The zero-order valence-electron chi connectivity index (χ0n) is 10.1. The Hall–Kier alpha value is -1.10. The van der Waals surface area contributed by atoms with Crippen molar-refractivity contribution in [3.8, 4) is 5.75 Å². The highest BCUT2D eigenvalue weighted by molar-refractivity contribution is 7.09. The maximum Gasteiger partial charge on any atom is 0.137 e. The smallest absolute Gasteiger partial charge is 0.137 e. The van der Waals surface area contributed by atoms with Crippen LogP contribution in [0, 0.1) is 0 Å². The fourth-order valence-electron chi connectivity index (χ4n) is 1.62. The Labute approximate surface area is 116 Å². The average molecular weight is 283 g/mol. The van der Waals surface area contributed by atoms with Gasteiger partial charge in [0, 0.05) is 31.1 Å². The molecule has 5 heteroatoms. The molecule has 1 heterocycles. The van der Waals surface area contributed by atoms with Crippen molar-refractivity contribution in [1.29, 1.82) is 0 Å². The number of halogens is 1. The van der Waals surface area contributed by atoms with E-state index in [1.807, 2.05) is 29.8 Å². The standard InChI is InChI=1S/C13H15ClN2OS/c1-17-12-3-2-10(8-11(12)14)9-15-5-4-13-16-6-7-18-13/h2-3,6-8,15H,4-5,9H2,1H3. The number of methoxy groups -OCH3 is 1. The number of nitrogens with zero attached hydrogens (tertiary/aromatic N) is 1. The Morgan fingerprint density at radius 3 is 3.00 bits per heavy atom. The monoisotopic (exact) mass is 282 g/mol. The Morgan fingerprint density at radius 2 is 2.33 bits per heavy atom. The van der Waals surface area contributed by atoms with Gasteiger partial charge in [-0.15, -0.1) is 11.3 Å². The van der Waals surface area contributed by atoms with Crippen molar-refractivity contribution in [3.63, 3.8) is 0 Å². The molecule has 0 fully saturated rings. The molecule has 2 aromatic rings. The van der Waals surface area contributed by atoms with Crippen LogP contribution in [0.15, 0.2) is 29.8 Å². The predicted molar refractivity (Wildman–Crippen MR) is 75.5 cm³/mol. The van der Waals surface area contributed by atoms with E-state index in [9.17, 15) is 0 Å². The second-order valence-electron chi connectivity index (χ2n) is 3.82. The number of nitrogens with one attached hydrogen (secondary N) is 1. The quantitative estimate of drug-likeness (QED) is 0.827. The first-order valence-corrected chi connectivity index (χ1v) is 6.97. The normalized spacial score (nSPS) is 10.6. The van der Waals surface area contributed by atoms with E-state index in [2.05, 4.69) is 10.3 Å². The van der Waals surface area contributed by atoms with Crippen molar-refractivity contribution in [1.82, 2.24) is 10.3 Å². The molecule has 18 heavy (non-hydrogen) atoms. The third-order valence-electron chi connectivity index (χ3n) is 2.54. The summed E-state index contributed by atoms with van der Waals surface area (Å²) < 4.78 is 5.12. The molecule has 0 atom stereocenters. The van der Waals surface area contributed by atoms with Gasteiger partial charge in [-0.25, -0.2) is 4.98 Å². The molecule has 0 aliphatic rings. The largest absolute Gasteiger partial charge is 0.495 e. The number of ether oxygens (including phenoxy) is 1. The molecular formula is C13H15ClN2OS. The van der Waals surface area contributed by atoms with Crippen LogP contribution < -0.4 is 10.1 Å². The van der Waals surface area contributed by atoms with Crippen LogP contribution in [0.1, 0.15) is 10.6 Å². The molecule has 0 unspecified atom stereocenters. The minimum atomic E-state index is 0.650. The molecule has 2 rings (SSSR count). The fourth-order valence-corrected chi connectivity index (χ4v) is 2.53. The first kappa shape index (κ1) is 13.3. The Morgan fingerprint density at radius 1 is 1.44 bits per heavy atom. The Bertz CT molecular complexity index is 488. The second-order valence-corrected chi connectivity index (χ2v) is 5.21. The zero-order valence-corrected chi connectivity index (χ0v) is 11.7. The zero-order chi connectivity index (χ0) is 12.8. The fraction of sp³-hybridized carbons (Fsp3) is 0.308. The molecule has 0 aliphatic heterocycles. The highest BCUT2D eigenvalue weighted by atomic mass is 35.5. The highest BCUT2D eigenvalue weighted by Gasteiger charge is 2.01. The van der Waals surface area contributed by atoms with Crippen LogP contribution in [0.5, 0.6) is 5.75 Å². The molecule has 0 spiro atoms.